The lowest BCUT2D eigenvalue weighted by Crippen LogP contribution is -2.54. The number of nitrogens with one attached hydrogen (secondary N) is 1. The van der Waals surface area contributed by atoms with Crippen molar-refractivity contribution >= 4 is 22.8 Å². The first-order valence-corrected chi connectivity index (χ1v) is 12.9. The molecule has 35 heavy (non-hydrogen) atoms. The molecule has 0 radical (unpaired) electrons. The van der Waals surface area contributed by atoms with Crippen LogP contribution in [-0.4, -0.2) is 70.4 Å². The molecule has 4 aliphatic rings. The zero-order valence-electron chi connectivity index (χ0n) is 20.6. The lowest BCUT2D eigenvalue weighted by atomic mass is 9.78. The monoisotopic (exact) mass is 474 g/mol. The number of hydrogen-bond donors (Lipinski definition) is 1. The number of aromatic amines is 1. The Morgan fingerprint density at radius 2 is 1.94 bits per heavy atom. The van der Waals surface area contributed by atoms with Crippen molar-refractivity contribution in [3.63, 3.8) is 0 Å². The van der Waals surface area contributed by atoms with Gasteiger partial charge in [0, 0.05) is 42.0 Å². The molecule has 2 saturated heterocycles. The summed E-state index contributed by atoms with van der Waals surface area (Å²) in [5, 5.41) is 1.08. The number of carbonyl (C=O) groups excluding carboxylic acids is 2. The average Bonchev–Trinajstić information content (AvgIpc) is 3.33. The van der Waals surface area contributed by atoms with E-state index in [2.05, 4.69) is 34.2 Å². The van der Waals surface area contributed by atoms with E-state index in [0.717, 1.165) is 54.0 Å². The molecule has 1 N–H and O–H groups in total. The Balaban J connectivity index is 1.40. The second-order valence-electron chi connectivity index (χ2n) is 10.5. The van der Waals surface area contributed by atoms with Crippen LogP contribution in [-0.2, 0) is 11.2 Å². The molecule has 2 fully saturated rings. The first-order valence-electron chi connectivity index (χ1n) is 12.9. The van der Waals surface area contributed by atoms with Gasteiger partial charge in [0.2, 0.25) is 0 Å². The Labute approximate surface area is 206 Å². The van der Waals surface area contributed by atoms with Crippen molar-refractivity contribution < 1.29 is 14.3 Å². The van der Waals surface area contributed by atoms with Gasteiger partial charge in [0.1, 0.15) is 11.3 Å². The zero-order valence-corrected chi connectivity index (χ0v) is 20.6. The number of piperidine rings is 1. The number of methoxy groups -OCH3 is 1. The van der Waals surface area contributed by atoms with Crippen LogP contribution in [0, 0.1) is 5.92 Å². The number of nitrogens with zero attached hydrogens (tertiary/aromatic N) is 3. The normalized spacial score (nSPS) is 28.6. The summed E-state index contributed by atoms with van der Waals surface area (Å²) < 4.78 is 5.50. The van der Waals surface area contributed by atoms with E-state index >= 15 is 0 Å². The average molecular weight is 475 g/mol. The van der Waals surface area contributed by atoms with E-state index in [4.69, 9.17) is 4.74 Å². The summed E-state index contributed by atoms with van der Waals surface area (Å²) in [6.07, 6.45) is 13.4. The van der Waals surface area contributed by atoms with Crippen molar-refractivity contribution in [2.75, 3.05) is 33.3 Å². The molecule has 0 bridgehead atoms. The molecule has 184 valence electrons. The zero-order chi connectivity index (χ0) is 24.2. The fraction of sp³-hybridized carbons (Fsp3) is 0.500. The number of aromatic nitrogens is 1. The highest BCUT2D eigenvalue weighted by Gasteiger charge is 2.60. The number of urea groups is 1. The molecule has 0 saturated carbocycles. The highest BCUT2D eigenvalue weighted by atomic mass is 16.5. The Morgan fingerprint density at radius 1 is 1.11 bits per heavy atom. The molecule has 2 aromatic rings. The molecule has 4 heterocycles. The van der Waals surface area contributed by atoms with E-state index in [-0.39, 0.29) is 23.9 Å². The van der Waals surface area contributed by atoms with Crippen molar-refractivity contribution in [3.05, 3.63) is 53.8 Å². The maximum absolute atomic E-state index is 13.9. The first kappa shape index (κ1) is 22.4. The second-order valence-corrected chi connectivity index (χ2v) is 10.5. The number of rotatable bonds is 5. The number of fused-ring (bicyclic) bond motifs is 4. The maximum Gasteiger partial charge on any atom is 0.328 e. The van der Waals surface area contributed by atoms with Gasteiger partial charge in [-0.05, 0) is 63.0 Å². The van der Waals surface area contributed by atoms with Gasteiger partial charge in [0.25, 0.3) is 5.91 Å². The first-order chi connectivity index (χ1) is 17.0. The molecule has 7 nitrogen and oxygen atoms in total. The summed E-state index contributed by atoms with van der Waals surface area (Å²) in [5.41, 5.74) is 2.30. The van der Waals surface area contributed by atoms with Crippen LogP contribution in [0.1, 0.15) is 49.9 Å². The third kappa shape index (κ3) is 3.51. The number of H-pyrrole nitrogens is 1. The fourth-order valence-corrected chi connectivity index (χ4v) is 6.56. The second kappa shape index (κ2) is 8.55. The largest absolute Gasteiger partial charge is 0.497 e. The lowest BCUT2D eigenvalue weighted by molar-refractivity contribution is -0.133. The number of amides is 3. The summed E-state index contributed by atoms with van der Waals surface area (Å²) in [7, 11) is 1.67. The predicted molar refractivity (Wildman–Crippen MR) is 135 cm³/mol. The van der Waals surface area contributed by atoms with Crippen LogP contribution in [0.4, 0.5) is 4.79 Å². The highest BCUT2D eigenvalue weighted by Crippen LogP contribution is 2.50. The van der Waals surface area contributed by atoms with Crippen LogP contribution in [0.25, 0.3) is 10.9 Å². The number of imide groups is 1. The Morgan fingerprint density at radius 3 is 2.69 bits per heavy atom. The minimum Gasteiger partial charge on any atom is -0.497 e. The SMILES string of the molecule is COc1ccc2[nH]c3c(c2c1)C[C@@]1(C)C(=O)N(CCN2CCCCC2)C(=O)N1[C@@H]3C1C=CC=CC1. The molecule has 7 heteroatoms. The predicted octanol–water partition coefficient (Wildman–Crippen LogP) is 4.41. The van der Waals surface area contributed by atoms with E-state index in [1.165, 1.54) is 24.2 Å². The quantitative estimate of drug-likeness (QED) is 0.652. The van der Waals surface area contributed by atoms with Gasteiger partial charge in [0.05, 0.1) is 13.2 Å². The molecule has 6 rings (SSSR count). The molecular formula is C28H34N4O3. The van der Waals surface area contributed by atoms with Crippen molar-refractivity contribution in [1.29, 1.82) is 0 Å². The number of allylic oxidation sites excluding steroid dienone is 3. The molecular weight excluding hydrogens is 440 g/mol. The minimum absolute atomic E-state index is 0.0669. The number of hydrogen-bond acceptors (Lipinski definition) is 4. The summed E-state index contributed by atoms with van der Waals surface area (Å²) in [6, 6.07) is 5.66. The van der Waals surface area contributed by atoms with Gasteiger partial charge < -0.3 is 19.5 Å². The summed E-state index contributed by atoms with van der Waals surface area (Å²) in [6.45, 7) is 5.28. The number of benzene rings is 1. The Hall–Kier alpha value is -3.06. The summed E-state index contributed by atoms with van der Waals surface area (Å²) in [5.74, 6) is 0.829. The fourth-order valence-electron chi connectivity index (χ4n) is 6.56. The molecule has 3 amide bonds. The number of likely N-dealkylation sites (tertiary alicyclic amines) is 1. The standard InChI is InChI=1S/C28H34N4O3/c1-28-18-22-21-17-20(35-2)11-12-23(21)29-24(22)25(19-9-5-3-6-10-19)32(28)27(34)31(26(28)33)16-15-30-13-7-4-8-14-30/h3,5-6,9,11-12,17,19,25,29H,4,7-8,10,13-16,18H2,1-2H3/t19?,25-,28+/m1/s1. The number of ether oxygens (including phenoxy) is 1. The summed E-state index contributed by atoms with van der Waals surface area (Å²) in [4.78, 5) is 37.3. The molecule has 3 atom stereocenters. The van der Waals surface area contributed by atoms with Crippen LogP contribution in [0.3, 0.4) is 0 Å². The van der Waals surface area contributed by atoms with Crippen LogP contribution in [0.2, 0.25) is 0 Å². The van der Waals surface area contributed by atoms with E-state index in [0.29, 0.717) is 13.0 Å². The molecule has 1 aromatic carbocycles. The van der Waals surface area contributed by atoms with Gasteiger partial charge in [-0.15, -0.1) is 0 Å². The van der Waals surface area contributed by atoms with Gasteiger partial charge in [-0.3, -0.25) is 9.69 Å². The highest BCUT2D eigenvalue weighted by molar-refractivity contribution is 6.08. The van der Waals surface area contributed by atoms with E-state index in [1.807, 2.05) is 30.0 Å². The van der Waals surface area contributed by atoms with Gasteiger partial charge in [-0.2, -0.15) is 0 Å². The van der Waals surface area contributed by atoms with Gasteiger partial charge >= 0.3 is 6.03 Å². The van der Waals surface area contributed by atoms with Crippen molar-refractivity contribution in [1.82, 2.24) is 19.7 Å². The lowest BCUT2D eigenvalue weighted by Gasteiger charge is -2.45. The maximum atomic E-state index is 13.9. The molecule has 3 aliphatic heterocycles. The van der Waals surface area contributed by atoms with E-state index < -0.39 is 5.54 Å². The van der Waals surface area contributed by atoms with Gasteiger partial charge in [-0.1, -0.05) is 30.7 Å². The molecule has 1 aliphatic carbocycles. The summed E-state index contributed by atoms with van der Waals surface area (Å²) >= 11 is 0. The topological polar surface area (TPSA) is 68.9 Å². The van der Waals surface area contributed by atoms with E-state index in [1.54, 1.807) is 7.11 Å². The Kier molecular flexibility index (Phi) is 5.48. The third-order valence-corrected chi connectivity index (χ3v) is 8.42. The smallest absolute Gasteiger partial charge is 0.328 e. The van der Waals surface area contributed by atoms with Crippen molar-refractivity contribution in [3.8, 4) is 5.75 Å². The van der Waals surface area contributed by atoms with Crippen LogP contribution >= 0.6 is 0 Å². The van der Waals surface area contributed by atoms with Crippen molar-refractivity contribution in [2.45, 2.75) is 50.6 Å². The van der Waals surface area contributed by atoms with Crippen LogP contribution in [0.5, 0.6) is 5.75 Å². The van der Waals surface area contributed by atoms with Crippen LogP contribution in [0.15, 0.2) is 42.5 Å². The minimum atomic E-state index is -0.899. The van der Waals surface area contributed by atoms with Crippen molar-refractivity contribution in [2.24, 2.45) is 5.92 Å². The molecule has 1 unspecified atom stereocenters. The Bertz CT molecular complexity index is 1220. The van der Waals surface area contributed by atoms with Gasteiger partial charge in [-0.25, -0.2) is 4.79 Å². The molecule has 1 aromatic heterocycles. The van der Waals surface area contributed by atoms with Crippen LogP contribution < -0.4 is 4.74 Å². The number of carbonyl (C=O) groups is 2. The van der Waals surface area contributed by atoms with Gasteiger partial charge in [0.15, 0.2) is 0 Å². The molecule has 0 spiro atoms. The third-order valence-electron chi connectivity index (χ3n) is 8.42. The van der Waals surface area contributed by atoms with E-state index in [9.17, 15) is 9.59 Å².